The van der Waals surface area contributed by atoms with Gasteiger partial charge in [-0.2, -0.15) is 0 Å². The second kappa shape index (κ2) is 58.5. The molecule has 6 unspecified atom stereocenters. The van der Waals surface area contributed by atoms with E-state index in [0.717, 1.165) is 70.6 Å². The Kier molecular flexibility index (Phi) is 54.4. The van der Waals surface area contributed by atoms with Crippen LogP contribution in [0.1, 0.15) is 303 Å². The fraction of sp³-hybridized carbons (Fsp3) is 0.775. The normalized spacial score (nSPS) is 18.0. The minimum absolute atomic E-state index is 0.0525. The number of carboxylic acid groups (broad SMARTS) is 1. The number of carboxylic acids is 1. The molecule has 1 aliphatic rings. The van der Waals surface area contributed by atoms with Crippen LogP contribution >= 0.6 is 0 Å². The van der Waals surface area contributed by atoms with Gasteiger partial charge in [-0.25, -0.2) is 4.79 Å². The summed E-state index contributed by atoms with van der Waals surface area (Å²) in [6.45, 7) is 5.84. The molecule has 83 heavy (non-hydrogen) atoms. The fourth-order valence-electron chi connectivity index (χ4n) is 10.1. The molecule has 1 heterocycles. The first kappa shape index (κ1) is 77.2. The zero-order valence-electron chi connectivity index (χ0n) is 52.9. The minimum Gasteiger partial charge on any atom is -0.479 e. The lowest BCUT2D eigenvalue weighted by Gasteiger charge is -2.40. The van der Waals surface area contributed by atoms with Crippen molar-refractivity contribution in [3.8, 4) is 0 Å². The Morgan fingerprint density at radius 3 is 1.20 bits per heavy atom. The first-order valence-electron chi connectivity index (χ1n) is 33.9. The quantitative estimate of drug-likeness (QED) is 0.0228. The summed E-state index contributed by atoms with van der Waals surface area (Å²) in [6.07, 6.45) is 63.2. The zero-order chi connectivity index (χ0) is 60.3. The van der Waals surface area contributed by atoms with Crippen LogP contribution in [0.2, 0.25) is 0 Å². The molecule has 0 aromatic rings. The van der Waals surface area contributed by atoms with Crippen LogP contribution in [-0.4, -0.2) is 89.2 Å². The van der Waals surface area contributed by atoms with Gasteiger partial charge < -0.3 is 39.0 Å². The predicted molar refractivity (Wildman–Crippen MR) is 340 cm³/mol. The number of aliphatic hydroxyl groups is 2. The monoisotopic (exact) mass is 1170 g/mol. The molecule has 0 amide bonds. The fourth-order valence-corrected chi connectivity index (χ4v) is 10.1. The minimum atomic E-state index is -1.92. The van der Waals surface area contributed by atoms with Crippen molar-refractivity contribution in [1.82, 2.24) is 0 Å². The molecule has 12 nitrogen and oxygen atoms in total. The highest BCUT2D eigenvalue weighted by molar-refractivity contribution is 5.74. The first-order chi connectivity index (χ1) is 40.6. The van der Waals surface area contributed by atoms with Crippen molar-refractivity contribution >= 4 is 23.9 Å². The van der Waals surface area contributed by atoms with E-state index in [1.807, 2.05) is 12.2 Å². The van der Waals surface area contributed by atoms with Gasteiger partial charge in [0.05, 0.1) is 13.0 Å². The molecule has 3 N–H and O–H groups in total. The summed E-state index contributed by atoms with van der Waals surface area (Å²) in [5, 5.41) is 31.6. The van der Waals surface area contributed by atoms with E-state index in [-0.39, 0.29) is 25.9 Å². The first-order valence-corrected chi connectivity index (χ1v) is 33.9. The highest BCUT2D eigenvalue weighted by Crippen LogP contribution is 2.27. The van der Waals surface area contributed by atoms with E-state index in [9.17, 15) is 34.5 Å². The van der Waals surface area contributed by atoms with Crippen LogP contribution in [0.15, 0.2) is 72.9 Å². The van der Waals surface area contributed by atoms with Gasteiger partial charge in [0.1, 0.15) is 18.8 Å². The summed E-state index contributed by atoms with van der Waals surface area (Å²) < 4.78 is 28.4. The number of hydrogen-bond donors (Lipinski definition) is 3. The van der Waals surface area contributed by atoms with Gasteiger partial charge in [0.25, 0.3) is 0 Å². The molecule has 478 valence electrons. The Morgan fingerprint density at radius 2 is 0.795 bits per heavy atom. The Labute approximate surface area is 506 Å². The number of aliphatic carboxylic acids is 1. The number of aliphatic hydroxyl groups excluding tert-OH is 2. The third-order valence-electron chi connectivity index (χ3n) is 15.3. The van der Waals surface area contributed by atoms with Crippen molar-refractivity contribution < 1.29 is 58.2 Å². The summed E-state index contributed by atoms with van der Waals surface area (Å²) >= 11 is 0. The van der Waals surface area contributed by atoms with E-state index in [1.165, 1.54) is 173 Å². The van der Waals surface area contributed by atoms with Crippen LogP contribution in [0, 0.1) is 0 Å². The van der Waals surface area contributed by atoms with Crippen LogP contribution in [0.5, 0.6) is 0 Å². The number of carbonyl (C=O) groups excluding carboxylic acids is 3. The molecule has 1 aliphatic heterocycles. The van der Waals surface area contributed by atoms with Crippen LogP contribution in [0.4, 0.5) is 0 Å². The van der Waals surface area contributed by atoms with E-state index >= 15 is 0 Å². The predicted octanol–water partition coefficient (Wildman–Crippen LogP) is 18.5. The highest BCUT2D eigenvalue weighted by atomic mass is 16.7. The van der Waals surface area contributed by atoms with E-state index in [2.05, 4.69) is 75.5 Å². The third kappa shape index (κ3) is 48.0. The van der Waals surface area contributed by atoms with Gasteiger partial charge in [0.15, 0.2) is 24.6 Å². The largest absolute Gasteiger partial charge is 0.479 e. The van der Waals surface area contributed by atoms with Crippen LogP contribution in [0.3, 0.4) is 0 Å². The zero-order valence-corrected chi connectivity index (χ0v) is 52.9. The lowest BCUT2D eigenvalue weighted by Crippen LogP contribution is -2.61. The van der Waals surface area contributed by atoms with E-state index in [0.29, 0.717) is 19.3 Å². The molecule has 6 atom stereocenters. The van der Waals surface area contributed by atoms with Crippen LogP contribution in [-0.2, 0) is 42.9 Å². The molecule has 0 aliphatic carbocycles. The van der Waals surface area contributed by atoms with Crippen molar-refractivity contribution in [2.24, 2.45) is 0 Å². The molecular weight excluding hydrogens is 1040 g/mol. The van der Waals surface area contributed by atoms with Gasteiger partial charge in [-0.3, -0.25) is 14.4 Å². The number of ether oxygens (including phenoxy) is 5. The Bertz CT molecular complexity index is 1720. The van der Waals surface area contributed by atoms with Crippen molar-refractivity contribution in [3.05, 3.63) is 72.9 Å². The average Bonchev–Trinajstić information content (AvgIpc) is 3.60. The number of allylic oxidation sites excluding steroid dienone is 11. The Morgan fingerprint density at radius 1 is 0.422 bits per heavy atom. The number of esters is 3. The van der Waals surface area contributed by atoms with Crippen molar-refractivity contribution in [2.75, 3.05) is 13.2 Å². The lowest BCUT2D eigenvalue weighted by molar-refractivity contribution is -0.301. The second-order valence-electron chi connectivity index (χ2n) is 23.1. The molecule has 0 aromatic carbocycles. The van der Waals surface area contributed by atoms with Gasteiger partial charge >= 0.3 is 23.9 Å². The molecule has 0 radical (unpaired) electrons. The van der Waals surface area contributed by atoms with Crippen LogP contribution < -0.4 is 0 Å². The van der Waals surface area contributed by atoms with E-state index in [4.69, 9.17) is 23.7 Å². The van der Waals surface area contributed by atoms with E-state index < -0.39 is 67.3 Å². The summed E-state index contributed by atoms with van der Waals surface area (Å²) in [5.41, 5.74) is 0. The molecule has 0 spiro atoms. The Hall–Kier alpha value is -3.84. The standard InChI is InChI=1S/C71H122O12/c1-4-7-10-13-16-19-22-25-28-30-32-34-37-39-42-45-48-51-54-57-63(72)79-60-62(81-64(73)58-55-52-49-46-43-40-36-27-24-21-18-15-12-9-6-3)61-80-71-69(67(76)66(75)68(83-71)70(77)78)82-65(74)59-56-53-50-47-44-41-38-35-33-31-29-26-23-20-17-14-11-8-5-2/h9,12,18,21,25,27-28,36,43,46,52,55,62,66-69,71,75-76H,4-8,10-11,13-17,19-20,22-24,26,29-35,37-42,44-45,47-51,53-54,56-61H2,1-3H3,(H,77,78)/b12-9-,21-18-,28-25-,36-27-,46-43-,55-52-. The number of rotatable bonds is 58. The van der Waals surface area contributed by atoms with Crippen molar-refractivity contribution in [2.45, 2.75) is 340 Å². The molecule has 12 heteroatoms. The lowest BCUT2D eigenvalue weighted by atomic mass is 9.98. The molecular formula is C71H122O12. The molecule has 1 saturated heterocycles. The summed E-state index contributed by atoms with van der Waals surface area (Å²) in [6, 6.07) is 0. The highest BCUT2D eigenvalue weighted by Gasteiger charge is 2.50. The van der Waals surface area contributed by atoms with Gasteiger partial charge in [0.2, 0.25) is 0 Å². The number of unbranched alkanes of at least 4 members (excludes halogenated alkanes) is 33. The maximum atomic E-state index is 13.1. The smallest absolute Gasteiger partial charge is 0.335 e. The summed E-state index contributed by atoms with van der Waals surface area (Å²) in [7, 11) is 0. The molecule has 0 bridgehead atoms. The SMILES string of the molecule is CC/C=C\C/C=C\C/C=C\C/C=C\C/C=C\CC(=O)OC(COC(=O)CCCCCCCCCCC/C=C\CCCCCCCC)COC1OC(C(=O)O)C(O)C(O)C1OC(=O)CCCCCCCCCCCCCCCCCCCCC. The maximum absolute atomic E-state index is 13.1. The van der Waals surface area contributed by atoms with Crippen molar-refractivity contribution in [3.63, 3.8) is 0 Å². The van der Waals surface area contributed by atoms with Crippen LogP contribution in [0.25, 0.3) is 0 Å². The summed E-state index contributed by atoms with van der Waals surface area (Å²) in [5.74, 6) is -3.27. The summed E-state index contributed by atoms with van der Waals surface area (Å²) in [4.78, 5) is 51.3. The van der Waals surface area contributed by atoms with Gasteiger partial charge in [0, 0.05) is 12.8 Å². The molecule has 0 aromatic heterocycles. The second-order valence-corrected chi connectivity index (χ2v) is 23.1. The molecule has 1 fully saturated rings. The van der Waals surface area contributed by atoms with E-state index in [1.54, 1.807) is 6.08 Å². The maximum Gasteiger partial charge on any atom is 0.335 e. The van der Waals surface area contributed by atoms with Gasteiger partial charge in [-0.15, -0.1) is 0 Å². The molecule has 0 saturated carbocycles. The average molecular weight is 1170 g/mol. The van der Waals surface area contributed by atoms with Gasteiger partial charge in [-0.1, -0.05) is 286 Å². The number of hydrogen-bond acceptors (Lipinski definition) is 11. The topological polar surface area (TPSA) is 175 Å². The number of carbonyl (C=O) groups is 4. The van der Waals surface area contributed by atoms with Gasteiger partial charge in [-0.05, 0) is 70.6 Å². The Balaban J connectivity index is 2.66. The third-order valence-corrected chi connectivity index (χ3v) is 15.3. The van der Waals surface area contributed by atoms with Crippen molar-refractivity contribution in [1.29, 1.82) is 0 Å². The molecule has 1 rings (SSSR count).